The van der Waals surface area contributed by atoms with Crippen molar-refractivity contribution in [2.75, 3.05) is 0 Å². The maximum absolute atomic E-state index is 12.3. The summed E-state index contributed by atoms with van der Waals surface area (Å²) in [5.74, 6) is -1.14. The second kappa shape index (κ2) is 6.13. The SMILES string of the molecule is O=C1CCC(NCc2ccccc2OC(F)(F)F)C(=O)N1. The minimum atomic E-state index is -4.77. The zero-order valence-electron chi connectivity index (χ0n) is 10.9. The molecule has 0 spiro atoms. The van der Waals surface area contributed by atoms with Gasteiger partial charge in [-0.2, -0.15) is 0 Å². The number of rotatable bonds is 4. The zero-order chi connectivity index (χ0) is 15.5. The van der Waals surface area contributed by atoms with Crippen LogP contribution in [0.3, 0.4) is 0 Å². The van der Waals surface area contributed by atoms with Crippen molar-refractivity contribution in [2.24, 2.45) is 0 Å². The molecule has 2 N–H and O–H groups in total. The molecule has 1 fully saturated rings. The third kappa shape index (κ3) is 4.45. The monoisotopic (exact) mass is 302 g/mol. The van der Waals surface area contributed by atoms with Crippen LogP contribution in [-0.2, 0) is 16.1 Å². The standard InChI is InChI=1S/C13H13F3N2O3/c14-13(15,16)21-10-4-2-1-3-8(10)7-17-9-5-6-11(19)18-12(9)20/h1-4,9,17H,5-7H2,(H,18,19,20). The number of halogens is 3. The summed E-state index contributed by atoms with van der Waals surface area (Å²) in [6.45, 7) is 0.0263. The first-order chi connectivity index (χ1) is 9.85. The number of ether oxygens (including phenoxy) is 1. The minimum Gasteiger partial charge on any atom is -0.405 e. The van der Waals surface area contributed by atoms with Crippen LogP contribution in [0.1, 0.15) is 18.4 Å². The Bertz CT molecular complexity index is 546. The largest absolute Gasteiger partial charge is 0.573 e. The highest BCUT2D eigenvalue weighted by Crippen LogP contribution is 2.26. The second-order valence-corrected chi connectivity index (χ2v) is 4.54. The Morgan fingerprint density at radius 2 is 2.00 bits per heavy atom. The molecule has 0 radical (unpaired) electrons. The van der Waals surface area contributed by atoms with Crippen molar-refractivity contribution in [1.82, 2.24) is 10.6 Å². The number of carbonyl (C=O) groups excluding carboxylic acids is 2. The van der Waals surface area contributed by atoms with Gasteiger partial charge in [0.05, 0.1) is 6.04 Å². The first kappa shape index (κ1) is 15.3. The number of imide groups is 1. The Labute approximate surface area is 118 Å². The quantitative estimate of drug-likeness (QED) is 0.827. The number of hydrogen-bond acceptors (Lipinski definition) is 4. The van der Waals surface area contributed by atoms with Gasteiger partial charge in [0.25, 0.3) is 0 Å². The summed E-state index contributed by atoms with van der Waals surface area (Å²) in [5, 5.41) is 4.99. The van der Waals surface area contributed by atoms with Crippen LogP contribution < -0.4 is 15.4 Å². The number of carbonyl (C=O) groups is 2. The normalized spacial score (nSPS) is 19.3. The molecule has 8 heteroatoms. The van der Waals surface area contributed by atoms with Gasteiger partial charge in [0.1, 0.15) is 5.75 Å². The maximum Gasteiger partial charge on any atom is 0.573 e. The fraction of sp³-hybridized carbons (Fsp3) is 0.385. The van der Waals surface area contributed by atoms with Crippen molar-refractivity contribution < 1.29 is 27.5 Å². The van der Waals surface area contributed by atoms with Gasteiger partial charge < -0.3 is 10.1 Å². The van der Waals surface area contributed by atoms with Gasteiger partial charge in [0.2, 0.25) is 11.8 Å². The number of para-hydroxylation sites is 1. The Morgan fingerprint density at radius 1 is 1.29 bits per heavy atom. The van der Waals surface area contributed by atoms with Crippen LogP contribution in [0.4, 0.5) is 13.2 Å². The van der Waals surface area contributed by atoms with Crippen LogP contribution in [-0.4, -0.2) is 24.2 Å². The van der Waals surface area contributed by atoms with Crippen LogP contribution in [0, 0.1) is 0 Å². The summed E-state index contributed by atoms with van der Waals surface area (Å²) in [4.78, 5) is 22.5. The average Bonchev–Trinajstić information content (AvgIpc) is 2.37. The molecule has 1 aliphatic rings. The summed E-state index contributed by atoms with van der Waals surface area (Å²) in [6.07, 6.45) is -4.26. The third-order valence-electron chi connectivity index (χ3n) is 2.98. The molecule has 1 aliphatic heterocycles. The van der Waals surface area contributed by atoms with E-state index >= 15 is 0 Å². The van der Waals surface area contributed by atoms with Crippen molar-refractivity contribution in [2.45, 2.75) is 31.8 Å². The number of nitrogens with one attached hydrogen (secondary N) is 2. The number of hydrogen-bond donors (Lipinski definition) is 2. The van der Waals surface area contributed by atoms with E-state index in [-0.39, 0.29) is 30.2 Å². The van der Waals surface area contributed by atoms with E-state index in [4.69, 9.17) is 0 Å². The lowest BCUT2D eigenvalue weighted by Gasteiger charge is -2.22. The molecule has 1 saturated heterocycles. The summed E-state index contributed by atoms with van der Waals surface area (Å²) < 4.78 is 40.8. The summed E-state index contributed by atoms with van der Waals surface area (Å²) in [5.41, 5.74) is 0.277. The van der Waals surface area contributed by atoms with Crippen molar-refractivity contribution in [3.8, 4) is 5.75 Å². The third-order valence-corrected chi connectivity index (χ3v) is 2.98. The topological polar surface area (TPSA) is 67.4 Å². The fourth-order valence-electron chi connectivity index (χ4n) is 2.00. The highest BCUT2D eigenvalue weighted by atomic mass is 19.4. The molecule has 114 valence electrons. The average molecular weight is 302 g/mol. The first-order valence-electron chi connectivity index (χ1n) is 6.26. The van der Waals surface area contributed by atoms with Gasteiger partial charge >= 0.3 is 6.36 Å². The fourth-order valence-corrected chi connectivity index (χ4v) is 2.00. The minimum absolute atomic E-state index is 0.0263. The zero-order valence-corrected chi connectivity index (χ0v) is 10.9. The lowest BCUT2D eigenvalue weighted by molar-refractivity contribution is -0.274. The molecular formula is C13H13F3N2O3. The summed E-state index contributed by atoms with van der Waals surface area (Å²) >= 11 is 0. The molecule has 21 heavy (non-hydrogen) atoms. The maximum atomic E-state index is 12.3. The lowest BCUT2D eigenvalue weighted by atomic mass is 10.1. The lowest BCUT2D eigenvalue weighted by Crippen LogP contribution is -2.50. The number of amides is 2. The molecule has 0 aromatic heterocycles. The van der Waals surface area contributed by atoms with E-state index < -0.39 is 18.3 Å². The molecule has 1 unspecified atom stereocenters. The van der Waals surface area contributed by atoms with Crippen molar-refractivity contribution >= 4 is 11.8 Å². The van der Waals surface area contributed by atoms with Gasteiger partial charge in [-0.05, 0) is 12.5 Å². The van der Waals surface area contributed by atoms with E-state index in [0.29, 0.717) is 6.42 Å². The first-order valence-corrected chi connectivity index (χ1v) is 6.26. The number of piperidine rings is 1. The van der Waals surface area contributed by atoms with Gasteiger partial charge in [-0.15, -0.1) is 13.2 Å². The van der Waals surface area contributed by atoms with Crippen LogP contribution in [0.5, 0.6) is 5.75 Å². The van der Waals surface area contributed by atoms with E-state index in [9.17, 15) is 22.8 Å². The Morgan fingerprint density at radius 3 is 2.67 bits per heavy atom. The molecule has 1 heterocycles. The van der Waals surface area contributed by atoms with Crippen LogP contribution in [0.25, 0.3) is 0 Å². The predicted octanol–water partition coefficient (Wildman–Crippen LogP) is 1.48. The number of benzene rings is 1. The smallest absolute Gasteiger partial charge is 0.405 e. The van der Waals surface area contributed by atoms with Gasteiger partial charge in [-0.25, -0.2) is 0 Å². The molecule has 1 atom stereocenters. The summed E-state index contributed by atoms with van der Waals surface area (Å²) in [6, 6.07) is 5.07. The molecular weight excluding hydrogens is 289 g/mol. The highest BCUT2D eigenvalue weighted by Gasteiger charge is 2.32. The second-order valence-electron chi connectivity index (χ2n) is 4.54. The Balaban J connectivity index is 2.00. The van der Waals surface area contributed by atoms with Crippen molar-refractivity contribution in [1.29, 1.82) is 0 Å². The van der Waals surface area contributed by atoms with Crippen LogP contribution in [0.2, 0.25) is 0 Å². The van der Waals surface area contributed by atoms with Crippen LogP contribution in [0.15, 0.2) is 24.3 Å². The molecule has 5 nitrogen and oxygen atoms in total. The Hall–Kier alpha value is -2.09. The van der Waals surface area contributed by atoms with E-state index in [1.165, 1.54) is 18.2 Å². The van der Waals surface area contributed by atoms with E-state index in [0.717, 1.165) is 0 Å². The van der Waals surface area contributed by atoms with Gasteiger partial charge in [-0.1, -0.05) is 18.2 Å². The molecule has 1 aromatic rings. The molecule has 0 aliphatic carbocycles. The summed E-state index contributed by atoms with van der Waals surface area (Å²) in [7, 11) is 0. The van der Waals surface area contributed by atoms with Gasteiger partial charge in [0, 0.05) is 18.5 Å². The molecule has 0 saturated carbocycles. The van der Waals surface area contributed by atoms with Gasteiger partial charge in [-0.3, -0.25) is 14.9 Å². The van der Waals surface area contributed by atoms with Crippen LogP contribution >= 0.6 is 0 Å². The number of alkyl halides is 3. The molecule has 0 bridgehead atoms. The molecule has 1 aromatic carbocycles. The highest BCUT2D eigenvalue weighted by molar-refractivity contribution is 6.00. The van der Waals surface area contributed by atoms with E-state index in [2.05, 4.69) is 15.4 Å². The molecule has 2 amide bonds. The van der Waals surface area contributed by atoms with E-state index in [1.807, 2.05) is 0 Å². The van der Waals surface area contributed by atoms with Crippen molar-refractivity contribution in [3.05, 3.63) is 29.8 Å². The van der Waals surface area contributed by atoms with Crippen molar-refractivity contribution in [3.63, 3.8) is 0 Å². The Kier molecular flexibility index (Phi) is 4.46. The van der Waals surface area contributed by atoms with E-state index in [1.54, 1.807) is 6.07 Å². The predicted molar refractivity (Wildman–Crippen MR) is 66.1 cm³/mol. The van der Waals surface area contributed by atoms with Gasteiger partial charge in [0.15, 0.2) is 0 Å². The molecule has 2 rings (SSSR count).